The molecular formula is C55H62N12O11S2. The van der Waals surface area contributed by atoms with Crippen molar-refractivity contribution in [3.8, 4) is 51.2 Å². The summed E-state index contributed by atoms with van der Waals surface area (Å²) in [6.07, 6.45) is 4.73. The van der Waals surface area contributed by atoms with Crippen molar-refractivity contribution in [2.45, 2.75) is 88.2 Å². The summed E-state index contributed by atoms with van der Waals surface area (Å²) in [7, 11) is -5.63. The van der Waals surface area contributed by atoms with E-state index in [1.807, 2.05) is 0 Å². The summed E-state index contributed by atoms with van der Waals surface area (Å²) in [4.78, 5) is 39.4. The second kappa shape index (κ2) is 24.2. The van der Waals surface area contributed by atoms with E-state index in [1.165, 1.54) is 37.3 Å². The number of pyridine rings is 1. The van der Waals surface area contributed by atoms with Gasteiger partial charge in [-0.25, -0.2) is 41.1 Å². The van der Waals surface area contributed by atoms with Crippen molar-refractivity contribution >= 4 is 38.0 Å². The van der Waals surface area contributed by atoms with E-state index in [2.05, 4.69) is 40.6 Å². The molecule has 3 N–H and O–H groups in total. The molecule has 80 heavy (non-hydrogen) atoms. The summed E-state index contributed by atoms with van der Waals surface area (Å²) in [5.41, 5.74) is 1.19. The van der Waals surface area contributed by atoms with Crippen molar-refractivity contribution in [1.82, 2.24) is 59.2 Å². The first-order chi connectivity index (χ1) is 38.0. The molecule has 0 saturated carbocycles. The minimum atomic E-state index is -5.12. The second-order valence-corrected chi connectivity index (χ2v) is 23.8. The maximum Gasteiger partial charge on any atom is 0.407 e. The zero-order chi connectivity index (χ0) is 57.4. The molecule has 0 aliphatic heterocycles. The van der Waals surface area contributed by atoms with Crippen molar-refractivity contribution in [2.75, 3.05) is 34.4 Å². The number of ether oxygens (including phenoxy) is 5. The Labute approximate surface area is 463 Å². The van der Waals surface area contributed by atoms with Gasteiger partial charge in [-0.3, -0.25) is 9.38 Å². The number of nitrogens with one attached hydrogen (secondary N) is 3. The van der Waals surface area contributed by atoms with Crippen molar-refractivity contribution in [2.24, 2.45) is 0 Å². The van der Waals surface area contributed by atoms with E-state index in [0.717, 1.165) is 9.87 Å². The van der Waals surface area contributed by atoms with Crippen LogP contribution in [0, 0.1) is 0 Å². The first-order valence-corrected chi connectivity index (χ1v) is 28.0. The maximum atomic E-state index is 16.5. The summed E-state index contributed by atoms with van der Waals surface area (Å²) in [5, 5.41) is 18.7. The van der Waals surface area contributed by atoms with Crippen LogP contribution in [0.2, 0.25) is 0 Å². The van der Waals surface area contributed by atoms with Gasteiger partial charge in [0.2, 0.25) is 31.6 Å². The summed E-state index contributed by atoms with van der Waals surface area (Å²) in [6.45, 7) is 8.54. The van der Waals surface area contributed by atoms with Gasteiger partial charge in [-0.15, -0.1) is 10.2 Å². The van der Waals surface area contributed by atoms with Gasteiger partial charge >= 0.3 is 12.2 Å². The molecule has 0 radical (unpaired) electrons. The number of nitrogens with zero attached hydrogens (tertiary/aromatic N) is 9. The van der Waals surface area contributed by atoms with E-state index in [1.54, 1.807) is 163 Å². The molecule has 0 saturated heterocycles. The number of hydrogen-bond donors (Lipinski definition) is 3. The number of tetrazole rings is 1. The molecule has 0 aliphatic carbocycles. The Kier molecular flexibility index (Phi) is 17.5. The summed E-state index contributed by atoms with van der Waals surface area (Å²) < 4.78 is 96.7. The van der Waals surface area contributed by atoms with Crippen LogP contribution in [0.3, 0.4) is 0 Å². The van der Waals surface area contributed by atoms with Crippen LogP contribution in [0.4, 0.5) is 9.59 Å². The number of imidazole rings is 1. The molecule has 8 rings (SSSR count). The Morgan fingerprint density at radius 1 is 0.675 bits per heavy atom. The number of alkyl carbamates (subject to hydrolysis) is 2. The van der Waals surface area contributed by atoms with Gasteiger partial charge in [0.25, 0.3) is 0 Å². The lowest BCUT2D eigenvalue weighted by atomic mass is 9.99. The van der Waals surface area contributed by atoms with Gasteiger partial charge in [-0.05, 0) is 135 Å². The fraction of sp³-hybridized carbons (Fsp3) is 0.309. The topological polar surface area (TPSA) is 275 Å². The molecule has 420 valence electrons. The quantitative estimate of drug-likeness (QED) is 0.0638. The van der Waals surface area contributed by atoms with Crippen LogP contribution in [0.5, 0.6) is 17.2 Å². The highest BCUT2D eigenvalue weighted by atomic mass is 32.2. The minimum Gasteiger partial charge on any atom is -0.497 e. The lowest BCUT2D eigenvalue weighted by Gasteiger charge is -2.27. The van der Waals surface area contributed by atoms with Crippen LogP contribution in [-0.4, -0.2) is 125 Å². The molecule has 8 aromatic rings. The number of sulfonamides is 2. The van der Waals surface area contributed by atoms with Crippen LogP contribution < -0.4 is 29.6 Å². The van der Waals surface area contributed by atoms with Crippen molar-refractivity contribution < 1.29 is 50.1 Å². The normalized spacial score (nSPS) is 12.1. The monoisotopic (exact) mass is 1130 g/mol. The number of methoxy groups -OCH3 is 3. The highest BCUT2D eigenvalue weighted by Crippen LogP contribution is 2.42. The van der Waals surface area contributed by atoms with Crippen LogP contribution in [-0.2, 0) is 49.2 Å². The predicted octanol–water partition coefficient (Wildman–Crippen LogP) is 7.27. The highest BCUT2D eigenvalue weighted by molar-refractivity contribution is 7.92. The molecule has 4 aromatic heterocycles. The maximum absolute atomic E-state index is 16.5. The zero-order valence-corrected chi connectivity index (χ0v) is 47.2. The third-order valence-corrected chi connectivity index (χ3v) is 15.5. The molecule has 25 heteroatoms. The number of amides is 2. The van der Waals surface area contributed by atoms with Gasteiger partial charge in [0.05, 0.1) is 57.1 Å². The van der Waals surface area contributed by atoms with Crippen LogP contribution in [0.1, 0.15) is 58.2 Å². The number of benzene rings is 4. The van der Waals surface area contributed by atoms with E-state index in [4.69, 9.17) is 28.8 Å². The van der Waals surface area contributed by atoms with E-state index in [-0.39, 0.29) is 36.6 Å². The smallest absolute Gasteiger partial charge is 0.407 e. The van der Waals surface area contributed by atoms with Crippen LogP contribution >= 0.6 is 0 Å². The Balaban J connectivity index is 1.37. The fourth-order valence-corrected chi connectivity index (χ4v) is 11.9. The zero-order valence-electron chi connectivity index (χ0n) is 45.6. The number of carbonyl (C=O) groups is 2. The first-order valence-electron chi connectivity index (χ1n) is 25.1. The standard InChI is InChI=1S/C55H62N12O11S2/c1-54(2,3)77-52(68)59-30-40(31-60-53(69)78-55(4,5)6)63-79(70,71)47-24-23-44(39-25-27-56-45(29-39)46-32-58-51-57-26-10-28-66(46)51)48(50-61-64-67(62-50)35-38-15-21-43(76-9)22-16-38)49(47)80(72,73)65(33-36-11-17-41(74-7)18-12-36)34-37-13-19-42(75-8)20-14-37/h10-29,32,40,63H,30-31,33-35H2,1-9H3,(H,59,68)(H,60,69). The number of rotatable bonds is 21. The van der Waals surface area contributed by atoms with Gasteiger partial charge in [-0.1, -0.05) is 42.5 Å². The molecular weight excluding hydrogens is 1070 g/mol. The molecule has 23 nitrogen and oxygen atoms in total. The van der Waals surface area contributed by atoms with E-state index in [9.17, 15) is 9.59 Å². The van der Waals surface area contributed by atoms with E-state index < -0.39 is 72.4 Å². The van der Waals surface area contributed by atoms with E-state index in [0.29, 0.717) is 51.1 Å². The third-order valence-electron chi connectivity index (χ3n) is 11.9. The minimum absolute atomic E-state index is 0.0632. The Morgan fingerprint density at radius 2 is 1.23 bits per heavy atom. The molecule has 4 heterocycles. The number of aromatic nitrogens is 8. The number of hydrogen-bond acceptors (Lipinski definition) is 17. The van der Waals surface area contributed by atoms with Gasteiger partial charge < -0.3 is 34.3 Å². The number of carbonyl (C=O) groups excluding carboxylic acids is 2. The molecule has 0 unspecified atom stereocenters. The van der Waals surface area contributed by atoms with Crippen LogP contribution in [0.15, 0.2) is 138 Å². The average molecular weight is 1130 g/mol. The lowest BCUT2D eigenvalue weighted by Crippen LogP contribution is -2.51. The van der Waals surface area contributed by atoms with E-state index >= 15 is 16.8 Å². The van der Waals surface area contributed by atoms with Gasteiger partial charge in [0, 0.05) is 44.8 Å². The largest absolute Gasteiger partial charge is 0.497 e. The average Bonchev–Trinajstić information content (AvgIpc) is 4.12. The molecule has 0 atom stereocenters. The summed E-state index contributed by atoms with van der Waals surface area (Å²) in [5.74, 6) is 1.79. The highest BCUT2D eigenvalue weighted by Gasteiger charge is 2.39. The molecule has 2 amide bonds. The molecule has 0 bridgehead atoms. The van der Waals surface area contributed by atoms with Gasteiger partial charge in [0.15, 0.2) is 0 Å². The second-order valence-electron chi connectivity index (χ2n) is 20.2. The molecule has 0 spiro atoms. The Hall–Kier alpha value is -8.52. The lowest BCUT2D eigenvalue weighted by molar-refractivity contribution is 0.0517. The summed E-state index contributed by atoms with van der Waals surface area (Å²) >= 11 is 0. The van der Waals surface area contributed by atoms with Crippen molar-refractivity contribution in [3.63, 3.8) is 0 Å². The fourth-order valence-electron chi connectivity index (χ4n) is 8.26. The van der Waals surface area contributed by atoms with Crippen molar-refractivity contribution in [1.29, 1.82) is 0 Å². The third kappa shape index (κ3) is 14.4. The molecule has 0 aliphatic rings. The van der Waals surface area contributed by atoms with Crippen molar-refractivity contribution in [3.05, 3.63) is 145 Å². The SMILES string of the molecule is COc1ccc(CN(Cc2ccc(OC)cc2)S(=O)(=O)c2c(S(=O)(=O)NC(CNC(=O)OC(C)(C)C)CNC(=O)OC(C)(C)C)ccc(-c3ccnc(-c4cnc5ncccn45)c3)c2-c2nnn(Cc3ccc(OC)cc3)n2)cc1. The van der Waals surface area contributed by atoms with Gasteiger partial charge in [0.1, 0.15) is 38.2 Å². The van der Waals surface area contributed by atoms with Gasteiger partial charge in [-0.2, -0.15) is 9.10 Å². The van der Waals surface area contributed by atoms with Crippen LogP contribution in [0.25, 0.3) is 39.7 Å². The first kappa shape index (κ1) is 57.6. The summed E-state index contributed by atoms with van der Waals surface area (Å²) in [6, 6.07) is 27.0. The number of fused-ring (bicyclic) bond motifs is 1. The molecule has 0 fully saturated rings. The Morgan fingerprint density at radius 3 is 1.76 bits per heavy atom. The molecule has 4 aromatic carbocycles. The predicted molar refractivity (Wildman–Crippen MR) is 296 cm³/mol. The Bertz CT molecular complexity index is 3610.